The molecule has 0 spiro atoms. The van der Waals surface area contributed by atoms with Gasteiger partial charge in [0.15, 0.2) is 0 Å². The van der Waals surface area contributed by atoms with Crippen molar-refractivity contribution in [3.63, 3.8) is 0 Å². The number of carbonyl (C=O) groups is 2. The van der Waals surface area contributed by atoms with Crippen molar-refractivity contribution >= 4 is 11.9 Å². The van der Waals surface area contributed by atoms with E-state index in [-0.39, 0.29) is 5.57 Å². The van der Waals surface area contributed by atoms with E-state index in [0.717, 1.165) is 12.8 Å². The first kappa shape index (κ1) is 19.7. The molecular weight excluding hydrogens is 292 g/mol. The van der Waals surface area contributed by atoms with E-state index in [0.29, 0.717) is 6.42 Å². The quantitative estimate of drug-likeness (QED) is 0.298. The summed E-state index contributed by atoms with van der Waals surface area (Å²) in [5.74, 6) is -2.41. The summed E-state index contributed by atoms with van der Waals surface area (Å²) in [5, 5.41) is 9.16. The van der Waals surface area contributed by atoms with Crippen LogP contribution in [0.4, 0.5) is 0 Å². The Morgan fingerprint density at radius 2 is 1.48 bits per heavy atom. The monoisotopic (exact) mass is 324 g/mol. The van der Waals surface area contributed by atoms with Gasteiger partial charge < -0.3 is 9.84 Å². The average Bonchev–Trinajstić information content (AvgIpc) is 2.79. The van der Waals surface area contributed by atoms with E-state index >= 15 is 0 Å². The van der Waals surface area contributed by atoms with Gasteiger partial charge in [-0.3, -0.25) is 4.79 Å². The molecule has 132 valence electrons. The number of ether oxygens (including phenoxy) is 1. The molecule has 1 fully saturated rings. The van der Waals surface area contributed by atoms with Crippen LogP contribution >= 0.6 is 0 Å². The fourth-order valence-electron chi connectivity index (χ4n) is 3.18. The summed E-state index contributed by atoms with van der Waals surface area (Å²) in [4.78, 5) is 22.6. The van der Waals surface area contributed by atoms with Crippen molar-refractivity contribution in [1.82, 2.24) is 0 Å². The van der Waals surface area contributed by atoms with E-state index in [1.54, 1.807) is 0 Å². The van der Waals surface area contributed by atoms with E-state index in [4.69, 9.17) is 9.84 Å². The SMILES string of the molecule is C=C1C(=O)O[C@H](CCCCCCCCCCCCC)[C@@H]1C(=O)O. The van der Waals surface area contributed by atoms with Gasteiger partial charge in [0.1, 0.15) is 12.0 Å². The van der Waals surface area contributed by atoms with Crippen LogP contribution in [-0.4, -0.2) is 23.1 Å². The molecule has 4 heteroatoms. The highest BCUT2D eigenvalue weighted by Crippen LogP contribution is 2.30. The Hall–Kier alpha value is -1.32. The zero-order valence-electron chi connectivity index (χ0n) is 14.5. The molecule has 0 aromatic carbocycles. The molecule has 2 atom stereocenters. The first-order valence-electron chi connectivity index (χ1n) is 9.20. The number of carbonyl (C=O) groups excluding carboxylic acids is 1. The van der Waals surface area contributed by atoms with Gasteiger partial charge in [-0.25, -0.2) is 4.79 Å². The molecule has 23 heavy (non-hydrogen) atoms. The summed E-state index contributed by atoms with van der Waals surface area (Å²) in [6.45, 7) is 5.77. The van der Waals surface area contributed by atoms with Crippen LogP contribution in [0, 0.1) is 5.92 Å². The van der Waals surface area contributed by atoms with Gasteiger partial charge in [0.05, 0.1) is 0 Å². The van der Waals surface area contributed by atoms with Gasteiger partial charge in [-0.05, 0) is 12.8 Å². The highest BCUT2D eigenvalue weighted by Gasteiger charge is 2.42. The van der Waals surface area contributed by atoms with Crippen LogP contribution in [-0.2, 0) is 14.3 Å². The van der Waals surface area contributed by atoms with E-state index in [1.165, 1.54) is 57.8 Å². The van der Waals surface area contributed by atoms with E-state index in [1.807, 2.05) is 0 Å². The molecule has 1 heterocycles. The largest absolute Gasteiger partial charge is 0.481 e. The summed E-state index contributed by atoms with van der Waals surface area (Å²) in [5.41, 5.74) is 0.0885. The van der Waals surface area contributed by atoms with E-state index in [9.17, 15) is 9.59 Å². The van der Waals surface area contributed by atoms with Crippen LogP contribution in [0.3, 0.4) is 0 Å². The molecule has 0 saturated carbocycles. The lowest BCUT2D eigenvalue weighted by Gasteiger charge is -2.13. The van der Waals surface area contributed by atoms with Gasteiger partial charge in [0.2, 0.25) is 0 Å². The summed E-state index contributed by atoms with van der Waals surface area (Å²) in [6.07, 6.45) is 13.8. The zero-order valence-corrected chi connectivity index (χ0v) is 14.5. The third-order valence-electron chi connectivity index (χ3n) is 4.63. The predicted molar refractivity (Wildman–Crippen MR) is 91.2 cm³/mol. The van der Waals surface area contributed by atoms with Gasteiger partial charge >= 0.3 is 11.9 Å². The van der Waals surface area contributed by atoms with E-state index < -0.39 is 24.0 Å². The van der Waals surface area contributed by atoms with Crippen LogP contribution < -0.4 is 0 Å². The highest BCUT2D eigenvalue weighted by molar-refractivity contribution is 5.97. The molecular formula is C19H32O4. The number of carboxylic acid groups (broad SMARTS) is 1. The normalized spacial score (nSPS) is 20.7. The Morgan fingerprint density at radius 3 is 1.96 bits per heavy atom. The molecule has 0 unspecified atom stereocenters. The van der Waals surface area contributed by atoms with Crippen molar-refractivity contribution < 1.29 is 19.4 Å². The van der Waals surface area contributed by atoms with Gasteiger partial charge in [0.25, 0.3) is 0 Å². The fraction of sp³-hybridized carbons (Fsp3) is 0.789. The Labute approximate surface area is 140 Å². The second-order valence-electron chi connectivity index (χ2n) is 6.61. The average molecular weight is 324 g/mol. The minimum atomic E-state index is -1.01. The third kappa shape index (κ3) is 7.19. The Morgan fingerprint density at radius 1 is 1.00 bits per heavy atom. The Bertz CT molecular complexity index is 389. The lowest BCUT2D eigenvalue weighted by atomic mass is 9.93. The predicted octanol–water partition coefficient (Wildman–Crippen LogP) is 4.87. The molecule has 1 saturated heterocycles. The van der Waals surface area contributed by atoms with Crippen molar-refractivity contribution in [2.24, 2.45) is 5.92 Å². The van der Waals surface area contributed by atoms with Gasteiger partial charge in [-0.15, -0.1) is 0 Å². The number of carboxylic acids is 1. The maximum atomic E-state index is 11.4. The number of cyclic esters (lactones) is 1. The lowest BCUT2D eigenvalue weighted by molar-refractivity contribution is -0.144. The molecule has 0 bridgehead atoms. The molecule has 1 N–H and O–H groups in total. The van der Waals surface area contributed by atoms with Crippen molar-refractivity contribution in [3.05, 3.63) is 12.2 Å². The number of esters is 1. The lowest BCUT2D eigenvalue weighted by Crippen LogP contribution is -2.24. The van der Waals surface area contributed by atoms with Gasteiger partial charge in [-0.2, -0.15) is 0 Å². The summed E-state index contributed by atoms with van der Waals surface area (Å²) >= 11 is 0. The smallest absolute Gasteiger partial charge is 0.334 e. The molecule has 1 aliphatic heterocycles. The number of aliphatic carboxylic acids is 1. The number of unbranched alkanes of at least 4 members (excludes halogenated alkanes) is 10. The minimum Gasteiger partial charge on any atom is -0.481 e. The molecule has 0 aliphatic carbocycles. The number of hydrogen-bond donors (Lipinski definition) is 1. The summed E-state index contributed by atoms with van der Waals surface area (Å²) < 4.78 is 5.12. The van der Waals surface area contributed by atoms with Crippen molar-refractivity contribution in [1.29, 1.82) is 0 Å². The molecule has 0 aromatic rings. The number of rotatable bonds is 13. The minimum absolute atomic E-state index is 0.0885. The van der Waals surface area contributed by atoms with Crippen molar-refractivity contribution in [3.8, 4) is 0 Å². The topological polar surface area (TPSA) is 63.6 Å². The molecule has 0 aromatic heterocycles. The highest BCUT2D eigenvalue weighted by atomic mass is 16.6. The zero-order chi connectivity index (χ0) is 17.1. The molecule has 4 nitrogen and oxygen atoms in total. The number of hydrogen-bond acceptors (Lipinski definition) is 3. The summed E-state index contributed by atoms with van der Waals surface area (Å²) in [6, 6.07) is 0. The van der Waals surface area contributed by atoms with Crippen LogP contribution in [0.1, 0.15) is 84.0 Å². The first-order valence-corrected chi connectivity index (χ1v) is 9.20. The molecule has 1 aliphatic rings. The van der Waals surface area contributed by atoms with Gasteiger partial charge in [-0.1, -0.05) is 77.7 Å². The second kappa shape index (κ2) is 11.3. The molecule has 1 rings (SSSR count). The third-order valence-corrected chi connectivity index (χ3v) is 4.63. The second-order valence-corrected chi connectivity index (χ2v) is 6.61. The standard InChI is InChI=1S/C19H32O4/c1-3-4-5-6-7-8-9-10-11-12-13-14-16-17(18(20)21)15(2)19(22)23-16/h16-17H,2-14H2,1H3,(H,20,21)/t16-,17-/m1/s1. The summed E-state index contributed by atoms with van der Waals surface area (Å²) in [7, 11) is 0. The fourth-order valence-corrected chi connectivity index (χ4v) is 3.18. The van der Waals surface area contributed by atoms with Crippen molar-refractivity contribution in [2.45, 2.75) is 90.1 Å². The van der Waals surface area contributed by atoms with E-state index in [2.05, 4.69) is 13.5 Å². The van der Waals surface area contributed by atoms with Crippen LogP contribution in [0.2, 0.25) is 0 Å². The van der Waals surface area contributed by atoms with Crippen LogP contribution in [0.5, 0.6) is 0 Å². The Balaban J connectivity index is 2.01. The molecule has 0 radical (unpaired) electrons. The van der Waals surface area contributed by atoms with Crippen molar-refractivity contribution in [2.75, 3.05) is 0 Å². The van der Waals surface area contributed by atoms with Gasteiger partial charge in [0, 0.05) is 5.57 Å². The Kier molecular flexibility index (Phi) is 9.65. The maximum absolute atomic E-state index is 11.4. The first-order chi connectivity index (χ1) is 11.1. The van der Waals surface area contributed by atoms with Crippen LogP contribution in [0.25, 0.3) is 0 Å². The molecule has 0 amide bonds. The maximum Gasteiger partial charge on any atom is 0.334 e. The van der Waals surface area contributed by atoms with Crippen LogP contribution in [0.15, 0.2) is 12.2 Å².